The van der Waals surface area contributed by atoms with Gasteiger partial charge in [-0.25, -0.2) is 4.79 Å². The highest BCUT2D eigenvalue weighted by molar-refractivity contribution is 5.96. The Morgan fingerprint density at radius 3 is 2.60 bits per heavy atom. The van der Waals surface area contributed by atoms with Gasteiger partial charge in [0, 0.05) is 12.0 Å². The predicted octanol–water partition coefficient (Wildman–Crippen LogP) is 2.42. The van der Waals surface area contributed by atoms with Gasteiger partial charge in [-0.15, -0.1) is 0 Å². The molecule has 0 unspecified atom stereocenters. The number of ether oxygens (including phenoxy) is 1. The van der Waals surface area contributed by atoms with Crippen LogP contribution >= 0.6 is 0 Å². The van der Waals surface area contributed by atoms with Crippen molar-refractivity contribution in [2.75, 3.05) is 7.11 Å². The van der Waals surface area contributed by atoms with Gasteiger partial charge in [-0.05, 0) is 42.2 Å². The molecule has 1 aliphatic carbocycles. The van der Waals surface area contributed by atoms with E-state index in [-0.39, 0.29) is 5.97 Å². The van der Waals surface area contributed by atoms with Crippen LogP contribution in [0, 0.1) is 13.8 Å². The number of aryl methyl sites for hydroxylation is 2. The summed E-state index contributed by atoms with van der Waals surface area (Å²) in [6, 6.07) is 4.28. The molecule has 0 amide bonds. The normalized spacial score (nSPS) is 13.4. The summed E-state index contributed by atoms with van der Waals surface area (Å²) in [6.07, 6.45) is 2.62. The number of rotatable bonds is 1. The molecule has 0 radical (unpaired) electrons. The smallest absolute Gasteiger partial charge is 0.334 e. The van der Waals surface area contributed by atoms with Crippen molar-refractivity contribution in [2.45, 2.75) is 20.3 Å². The topological polar surface area (TPSA) is 26.3 Å². The Morgan fingerprint density at radius 1 is 1.27 bits per heavy atom. The molecule has 0 spiro atoms. The zero-order valence-electron chi connectivity index (χ0n) is 9.26. The molecular weight excluding hydrogens is 188 g/mol. The van der Waals surface area contributed by atoms with Crippen LogP contribution in [0.3, 0.4) is 0 Å². The Morgan fingerprint density at radius 2 is 1.93 bits per heavy atom. The van der Waals surface area contributed by atoms with Crippen molar-refractivity contribution in [3.8, 4) is 0 Å². The number of benzene rings is 1. The molecule has 15 heavy (non-hydrogen) atoms. The first-order chi connectivity index (χ1) is 7.11. The summed E-state index contributed by atoms with van der Waals surface area (Å²) in [7, 11) is 1.42. The average Bonchev–Trinajstić information content (AvgIpc) is 2.60. The van der Waals surface area contributed by atoms with Crippen LogP contribution in [0.5, 0.6) is 0 Å². The van der Waals surface area contributed by atoms with Crippen LogP contribution in [0.2, 0.25) is 0 Å². The second-order valence-corrected chi connectivity index (χ2v) is 3.97. The van der Waals surface area contributed by atoms with Gasteiger partial charge in [-0.3, -0.25) is 0 Å². The molecule has 1 aromatic rings. The number of hydrogen-bond acceptors (Lipinski definition) is 2. The zero-order chi connectivity index (χ0) is 11.0. The van der Waals surface area contributed by atoms with Gasteiger partial charge in [0.2, 0.25) is 0 Å². The molecule has 0 aliphatic heterocycles. The lowest BCUT2D eigenvalue weighted by Gasteiger charge is -2.04. The number of carbonyl (C=O) groups excluding carboxylic acids is 1. The minimum absolute atomic E-state index is 0.221. The van der Waals surface area contributed by atoms with E-state index in [1.54, 1.807) is 0 Å². The fraction of sp³-hybridized carbons (Fsp3) is 0.308. The van der Waals surface area contributed by atoms with E-state index in [2.05, 4.69) is 26.0 Å². The summed E-state index contributed by atoms with van der Waals surface area (Å²) in [4.78, 5) is 11.4. The van der Waals surface area contributed by atoms with Crippen LogP contribution in [0.4, 0.5) is 0 Å². The Bertz CT molecular complexity index is 456. The van der Waals surface area contributed by atoms with Crippen molar-refractivity contribution >= 4 is 12.0 Å². The largest absolute Gasteiger partial charge is 0.466 e. The molecule has 2 rings (SSSR count). The molecule has 2 heteroatoms. The minimum Gasteiger partial charge on any atom is -0.466 e. The quantitative estimate of drug-likeness (QED) is 0.654. The fourth-order valence-electron chi connectivity index (χ4n) is 1.89. The summed E-state index contributed by atoms with van der Waals surface area (Å²) in [5.74, 6) is -0.221. The Labute approximate surface area is 89.6 Å². The first kappa shape index (κ1) is 9.97. The maximum absolute atomic E-state index is 11.4. The van der Waals surface area contributed by atoms with E-state index in [0.29, 0.717) is 6.42 Å². The Kier molecular flexibility index (Phi) is 2.35. The SMILES string of the molecule is COC(=O)C1=Cc2cc(C)c(C)cc2C1. The Hall–Kier alpha value is -1.57. The molecule has 0 saturated heterocycles. The van der Waals surface area contributed by atoms with Crippen LogP contribution in [-0.2, 0) is 16.0 Å². The van der Waals surface area contributed by atoms with Gasteiger partial charge >= 0.3 is 5.97 Å². The third kappa shape index (κ3) is 1.67. The average molecular weight is 202 g/mol. The number of hydrogen-bond donors (Lipinski definition) is 0. The lowest BCUT2D eigenvalue weighted by molar-refractivity contribution is -0.136. The predicted molar refractivity (Wildman–Crippen MR) is 59.6 cm³/mol. The number of esters is 1. The van der Waals surface area contributed by atoms with Crippen molar-refractivity contribution < 1.29 is 9.53 Å². The Balaban J connectivity index is 2.38. The molecule has 0 bridgehead atoms. The molecule has 78 valence electrons. The van der Waals surface area contributed by atoms with Crippen LogP contribution in [0.25, 0.3) is 6.08 Å². The van der Waals surface area contributed by atoms with Gasteiger partial charge in [0.15, 0.2) is 0 Å². The summed E-state index contributed by atoms with van der Waals surface area (Å²) < 4.78 is 4.72. The molecule has 0 atom stereocenters. The fourth-order valence-corrected chi connectivity index (χ4v) is 1.89. The van der Waals surface area contributed by atoms with Crippen LogP contribution in [0.1, 0.15) is 22.3 Å². The molecule has 1 aromatic carbocycles. The minimum atomic E-state index is -0.221. The lowest BCUT2D eigenvalue weighted by Crippen LogP contribution is -2.04. The first-order valence-electron chi connectivity index (χ1n) is 5.01. The molecule has 0 aromatic heterocycles. The molecule has 2 nitrogen and oxygen atoms in total. The maximum atomic E-state index is 11.4. The van der Waals surface area contributed by atoms with E-state index in [1.807, 2.05) is 6.08 Å². The van der Waals surface area contributed by atoms with Gasteiger partial charge < -0.3 is 4.74 Å². The van der Waals surface area contributed by atoms with Gasteiger partial charge in [-0.1, -0.05) is 12.1 Å². The molecule has 1 aliphatic rings. The second kappa shape index (κ2) is 3.54. The second-order valence-electron chi connectivity index (χ2n) is 3.97. The molecule has 0 fully saturated rings. The van der Waals surface area contributed by atoms with E-state index < -0.39 is 0 Å². The highest BCUT2D eigenvalue weighted by Gasteiger charge is 2.19. The van der Waals surface area contributed by atoms with Crippen molar-refractivity contribution in [1.29, 1.82) is 0 Å². The van der Waals surface area contributed by atoms with E-state index in [4.69, 9.17) is 4.74 Å². The van der Waals surface area contributed by atoms with Crippen LogP contribution in [0.15, 0.2) is 17.7 Å². The first-order valence-corrected chi connectivity index (χ1v) is 5.01. The zero-order valence-corrected chi connectivity index (χ0v) is 9.26. The third-order valence-corrected chi connectivity index (χ3v) is 2.91. The van der Waals surface area contributed by atoms with Crippen molar-refractivity contribution in [2.24, 2.45) is 0 Å². The summed E-state index contributed by atoms with van der Waals surface area (Å²) >= 11 is 0. The van der Waals surface area contributed by atoms with E-state index in [0.717, 1.165) is 11.1 Å². The standard InChI is InChI=1S/C13H14O2/c1-8-4-10-6-12(13(14)15-3)7-11(10)5-9(8)2/h4-6H,7H2,1-3H3. The van der Waals surface area contributed by atoms with Gasteiger partial charge in [-0.2, -0.15) is 0 Å². The van der Waals surface area contributed by atoms with Crippen LogP contribution < -0.4 is 0 Å². The maximum Gasteiger partial charge on any atom is 0.334 e. The summed E-state index contributed by atoms with van der Waals surface area (Å²) in [5, 5.41) is 0. The number of methoxy groups -OCH3 is 1. The van der Waals surface area contributed by atoms with Gasteiger partial charge in [0.1, 0.15) is 0 Å². The molecule has 0 saturated carbocycles. The van der Waals surface area contributed by atoms with Gasteiger partial charge in [0.25, 0.3) is 0 Å². The van der Waals surface area contributed by atoms with Crippen molar-refractivity contribution in [1.82, 2.24) is 0 Å². The summed E-state index contributed by atoms with van der Waals surface area (Å²) in [5.41, 5.74) is 5.65. The highest BCUT2D eigenvalue weighted by atomic mass is 16.5. The van der Waals surface area contributed by atoms with E-state index in [1.165, 1.54) is 23.8 Å². The number of fused-ring (bicyclic) bond motifs is 1. The van der Waals surface area contributed by atoms with E-state index >= 15 is 0 Å². The van der Waals surface area contributed by atoms with Crippen molar-refractivity contribution in [3.63, 3.8) is 0 Å². The van der Waals surface area contributed by atoms with Gasteiger partial charge in [0.05, 0.1) is 7.11 Å². The molecular formula is C13H14O2. The lowest BCUT2D eigenvalue weighted by atomic mass is 10.0. The van der Waals surface area contributed by atoms with E-state index in [9.17, 15) is 4.79 Å². The summed E-state index contributed by atoms with van der Waals surface area (Å²) in [6.45, 7) is 4.17. The molecule has 0 heterocycles. The third-order valence-electron chi connectivity index (χ3n) is 2.91. The highest BCUT2D eigenvalue weighted by Crippen LogP contribution is 2.28. The number of carbonyl (C=O) groups is 1. The van der Waals surface area contributed by atoms with Crippen molar-refractivity contribution in [3.05, 3.63) is 40.0 Å². The monoisotopic (exact) mass is 202 g/mol. The van der Waals surface area contributed by atoms with Crippen LogP contribution in [-0.4, -0.2) is 13.1 Å². The molecule has 0 N–H and O–H groups in total.